The van der Waals surface area contributed by atoms with Gasteiger partial charge in [-0.05, 0) is 110 Å². The SMILES string of the molecule is C[C@H]1CCc2c(ccc(-c3cnn(C4CCN(CC(=O)N5CCC6(CC5)CN(C(=O)OC(C)(C)C)C6)CC4)c3)c2OC2CCC2)N1C(=O)C1CC1. The smallest absolute Gasteiger partial charge is 0.410 e. The summed E-state index contributed by atoms with van der Waals surface area (Å²) in [6, 6.07) is 4.79. The van der Waals surface area contributed by atoms with Gasteiger partial charge in [0.2, 0.25) is 11.8 Å². The summed E-state index contributed by atoms with van der Waals surface area (Å²) in [7, 11) is 0. The molecule has 3 saturated heterocycles. The third kappa shape index (κ3) is 7.11. The number of ether oxygens (including phenoxy) is 2. The number of hydrogen-bond acceptors (Lipinski definition) is 7. The lowest BCUT2D eigenvalue weighted by Crippen LogP contribution is -2.63. The predicted molar refractivity (Wildman–Crippen MR) is 195 cm³/mol. The Hall–Kier alpha value is -3.60. The average molecular weight is 701 g/mol. The summed E-state index contributed by atoms with van der Waals surface area (Å²) in [5, 5.41) is 4.86. The molecule has 0 radical (unpaired) electrons. The number of amides is 3. The molecule has 6 aliphatic rings. The first-order valence-electron chi connectivity index (χ1n) is 19.6. The van der Waals surface area contributed by atoms with Crippen molar-refractivity contribution < 1.29 is 23.9 Å². The first kappa shape index (κ1) is 34.5. The van der Waals surface area contributed by atoms with E-state index in [1.165, 1.54) is 12.0 Å². The number of nitrogens with zero attached hydrogens (tertiary/aromatic N) is 6. The molecular weight excluding hydrogens is 644 g/mol. The van der Waals surface area contributed by atoms with E-state index in [4.69, 9.17) is 14.6 Å². The molecule has 5 heterocycles. The fourth-order valence-corrected chi connectivity index (χ4v) is 8.76. The fourth-order valence-electron chi connectivity index (χ4n) is 8.76. The van der Waals surface area contributed by atoms with Gasteiger partial charge in [0.05, 0.1) is 30.6 Å². The minimum absolute atomic E-state index is 0.131. The summed E-state index contributed by atoms with van der Waals surface area (Å²) in [4.78, 5) is 47.3. The molecule has 2 aliphatic carbocycles. The van der Waals surface area contributed by atoms with Gasteiger partial charge >= 0.3 is 6.09 Å². The molecule has 1 atom stereocenters. The number of carbonyl (C=O) groups is 3. The van der Waals surface area contributed by atoms with Gasteiger partial charge in [0, 0.05) is 79.5 Å². The number of carbonyl (C=O) groups excluding carboxylic acids is 3. The highest BCUT2D eigenvalue weighted by Crippen LogP contribution is 2.46. The minimum atomic E-state index is -0.484. The molecule has 0 N–H and O–H groups in total. The maximum atomic E-state index is 13.4. The Morgan fingerprint density at radius 2 is 1.65 bits per heavy atom. The predicted octanol–water partition coefficient (Wildman–Crippen LogP) is 6.06. The van der Waals surface area contributed by atoms with Crippen molar-refractivity contribution in [3.63, 3.8) is 0 Å². The van der Waals surface area contributed by atoms with Crippen molar-refractivity contribution in [1.29, 1.82) is 0 Å². The van der Waals surface area contributed by atoms with Gasteiger partial charge in [-0.25, -0.2) is 4.79 Å². The quantitative estimate of drug-likeness (QED) is 0.347. The zero-order chi connectivity index (χ0) is 35.5. The van der Waals surface area contributed by atoms with E-state index < -0.39 is 5.60 Å². The van der Waals surface area contributed by atoms with Gasteiger partial charge in [0.15, 0.2) is 0 Å². The second-order valence-electron chi connectivity index (χ2n) is 17.4. The second-order valence-corrected chi connectivity index (χ2v) is 17.4. The van der Waals surface area contributed by atoms with Crippen molar-refractivity contribution in [1.82, 2.24) is 24.5 Å². The number of piperidine rings is 2. The van der Waals surface area contributed by atoms with Crippen molar-refractivity contribution in [3.8, 4) is 16.9 Å². The highest BCUT2D eigenvalue weighted by molar-refractivity contribution is 5.99. The monoisotopic (exact) mass is 700 g/mol. The molecule has 11 heteroatoms. The number of rotatable bonds is 7. The first-order valence-corrected chi connectivity index (χ1v) is 19.6. The summed E-state index contributed by atoms with van der Waals surface area (Å²) in [6.07, 6.45) is 15.2. The van der Waals surface area contributed by atoms with Gasteiger partial charge in [-0.1, -0.05) is 0 Å². The Morgan fingerprint density at radius 3 is 2.29 bits per heavy atom. The van der Waals surface area contributed by atoms with Crippen molar-refractivity contribution in [2.45, 2.75) is 122 Å². The molecule has 3 amide bonds. The van der Waals surface area contributed by atoms with Crippen molar-refractivity contribution >= 4 is 23.6 Å². The highest BCUT2D eigenvalue weighted by atomic mass is 16.6. The Balaban J connectivity index is 0.864. The number of hydrogen-bond donors (Lipinski definition) is 0. The normalized spacial score (nSPS) is 24.2. The van der Waals surface area contributed by atoms with E-state index in [2.05, 4.69) is 39.7 Å². The van der Waals surface area contributed by atoms with Gasteiger partial charge in [0.25, 0.3) is 0 Å². The van der Waals surface area contributed by atoms with Crippen LogP contribution in [0, 0.1) is 11.3 Å². The number of anilines is 1. The molecule has 2 saturated carbocycles. The van der Waals surface area contributed by atoms with Crippen molar-refractivity contribution in [2.24, 2.45) is 11.3 Å². The van der Waals surface area contributed by atoms with Gasteiger partial charge in [-0.3, -0.25) is 19.2 Å². The molecule has 1 aromatic carbocycles. The molecule has 4 aliphatic heterocycles. The zero-order valence-corrected chi connectivity index (χ0v) is 31.1. The Labute approximate surface area is 302 Å². The summed E-state index contributed by atoms with van der Waals surface area (Å²) in [6.45, 7) is 13.0. The van der Waals surface area contributed by atoms with Crippen LogP contribution in [0.5, 0.6) is 5.75 Å². The molecular formula is C40H56N6O5. The van der Waals surface area contributed by atoms with E-state index in [0.717, 1.165) is 126 Å². The number of fused-ring (bicyclic) bond motifs is 1. The van der Waals surface area contributed by atoms with Crippen LogP contribution in [-0.2, 0) is 20.7 Å². The third-order valence-corrected chi connectivity index (χ3v) is 12.3. The minimum Gasteiger partial charge on any atom is -0.489 e. The van der Waals surface area contributed by atoms with Crippen LogP contribution < -0.4 is 9.64 Å². The van der Waals surface area contributed by atoms with Crippen LogP contribution in [0.1, 0.15) is 104 Å². The largest absolute Gasteiger partial charge is 0.489 e. The van der Waals surface area contributed by atoms with Gasteiger partial charge in [-0.2, -0.15) is 5.10 Å². The van der Waals surface area contributed by atoms with E-state index in [9.17, 15) is 14.4 Å². The third-order valence-electron chi connectivity index (χ3n) is 12.3. The summed E-state index contributed by atoms with van der Waals surface area (Å²) in [5.74, 6) is 1.62. The second kappa shape index (κ2) is 13.4. The van der Waals surface area contributed by atoms with Gasteiger partial charge in [0.1, 0.15) is 11.4 Å². The van der Waals surface area contributed by atoms with Gasteiger partial charge in [-0.15, -0.1) is 0 Å². The van der Waals surface area contributed by atoms with Crippen LogP contribution in [0.2, 0.25) is 0 Å². The van der Waals surface area contributed by atoms with Crippen LogP contribution in [-0.4, -0.2) is 106 Å². The molecule has 11 nitrogen and oxygen atoms in total. The standard InChI is InChI=1S/C40H56N6O5/c1-27-8-11-33-34(46(27)37(48)28-9-10-28)13-12-32(36(33)50-31-6-5-7-31)29-22-41-45(23-29)30-14-18-42(19-15-30)24-35(47)43-20-16-40(17-21-43)25-44(26-40)38(49)51-39(2,3)4/h12-13,22-23,27-28,30-31H,5-11,14-21,24-26H2,1-4H3/t27-/m0/s1. The average Bonchev–Trinajstić information content (AvgIpc) is 3.81. The number of aromatic nitrogens is 2. The molecule has 0 unspecified atom stereocenters. The topological polar surface area (TPSA) is 100 Å². The highest BCUT2D eigenvalue weighted by Gasteiger charge is 2.48. The van der Waals surface area contributed by atoms with E-state index in [0.29, 0.717) is 6.54 Å². The lowest BCUT2D eigenvalue weighted by molar-refractivity contribution is -0.137. The molecule has 2 aromatic rings. The molecule has 276 valence electrons. The van der Waals surface area contributed by atoms with Gasteiger partial charge < -0.3 is 24.2 Å². The number of benzene rings is 1. The van der Waals surface area contributed by atoms with Crippen LogP contribution >= 0.6 is 0 Å². The van der Waals surface area contributed by atoms with E-state index >= 15 is 0 Å². The molecule has 1 spiro atoms. The Morgan fingerprint density at radius 1 is 0.922 bits per heavy atom. The fraction of sp³-hybridized carbons (Fsp3) is 0.700. The lowest BCUT2D eigenvalue weighted by Gasteiger charge is -2.53. The lowest BCUT2D eigenvalue weighted by atomic mass is 9.72. The molecule has 5 fully saturated rings. The van der Waals surface area contributed by atoms with Crippen LogP contribution in [0.3, 0.4) is 0 Å². The number of likely N-dealkylation sites (tertiary alicyclic amines) is 3. The van der Waals surface area contributed by atoms with E-state index in [1.807, 2.05) is 31.9 Å². The Bertz CT molecular complexity index is 1630. The maximum absolute atomic E-state index is 13.4. The van der Waals surface area contributed by atoms with Crippen molar-refractivity contribution in [2.75, 3.05) is 50.7 Å². The van der Waals surface area contributed by atoms with E-state index in [-0.39, 0.29) is 47.4 Å². The van der Waals surface area contributed by atoms with Crippen LogP contribution in [0.25, 0.3) is 11.1 Å². The molecule has 1 aromatic heterocycles. The van der Waals surface area contributed by atoms with E-state index in [1.54, 1.807) is 4.90 Å². The summed E-state index contributed by atoms with van der Waals surface area (Å²) in [5.41, 5.74) is 4.00. The zero-order valence-electron chi connectivity index (χ0n) is 31.1. The molecule has 51 heavy (non-hydrogen) atoms. The Kier molecular flexibility index (Phi) is 9.08. The summed E-state index contributed by atoms with van der Waals surface area (Å²) >= 11 is 0. The summed E-state index contributed by atoms with van der Waals surface area (Å²) < 4.78 is 14.4. The first-order chi connectivity index (χ1) is 24.5. The molecule has 0 bridgehead atoms. The van der Waals surface area contributed by atoms with Crippen LogP contribution in [0.15, 0.2) is 24.5 Å². The van der Waals surface area contributed by atoms with Crippen molar-refractivity contribution in [3.05, 3.63) is 30.1 Å². The molecule has 8 rings (SSSR count). The maximum Gasteiger partial charge on any atom is 0.410 e. The van der Waals surface area contributed by atoms with Crippen LogP contribution in [0.4, 0.5) is 10.5 Å².